The van der Waals surface area contributed by atoms with Crippen LogP contribution in [0.2, 0.25) is 5.02 Å². The SMILES string of the molecule is CN=C/C(=C\N)Nc1ncc(Cl)c(N2CC(CC#N)(N3CCC4(CC3)CC4)C2)n1. The Labute approximate surface area is 176 Å². The topological polar surface area (TPSA) is 106 Å². The maximum absolute atomic E-state index is 9.46. The van der Waals surface area contributed by atoms with Gasteiger partial charge in [0.15, 0.2) is 5.82 Å². The van der Waals surface area contributed by atoms with E-state index in [2.05, 4.69) is 36.1 Å². The quantitative estimate of drug-likeness (QED) is 0.688. The summed E-state index contributed by atoms with van der Waals surface area (Å²) in [5.74, 6) is 1.09. The average Bonchev–Trinajstić information content (AvgIpc) is 3.45. The Kier molecular flexibility index (Phi) is 5.36. The lowest BCUT2D eigenvalue weighted by molar-refractivity contribution is 0.0251. The van der Waals surface area contributed by atoms with Crippen LogP contribution in [0.5, 0.6) is 0 Å². The zero-order valence-corrected chi connectivity index (χ0v) is 17.5. The molecule has 9 heteroatoms. The lowest BCUT2D eigenvalue weighted by atomic mass is 9.81. The van der Waals surface area contributed by atoms with Crippen molar-refractivity contribution < 1.29 is 0 Å². The van der Waals surface area contributed by atoms with Gasteiger partial charge in [-0.1, -0.05) is 11.6 Å². The minimum absolute atomic E-state index is 0.107. The predicted octanol–water partition coefficient (Wildman–Crippen LogP) is 2.39. The second-order valence-corrected chi connectivity index (χ2v) is 8.81. The molecule has 4 rings (SSSR count). The third-order valence-electron chi connectivity index (χ3n) is 6.56. The molecule has 1 saturated carbocycles. The number of nitrogens with one attached hydrogen (secondary N) is 1. The molecule has 2 saturated heterocycles. The highest BCUT2D eigenvalue weighted by Gasteiger charge is 2.53. The van der Waals surface area contributed by atoms with Gasteiger partial charge in [0.25, 0.3) is 0 Å². The maximum atomic E-state index is 9.46. The second kappa shape index (κ2) is 7.81. The van der Waals surface area contributed by atoms with Crippen LogP contribution in [0.4, 0.5) is 11.8 Å². The monoisotopic (exact) mass is 414 g/mol. The van der Waals surface area contributed by atoms with Gasteiger partial charge in [0, 0.05) is 32.6 Å². The Hall–Kier alpha value is -2.37. The van der Waals surface area contributed by atoms with Gasteiger partial charge < -0.3 is 16.0 Å². The van der Waals surface area contributed by atoms with E-state index < -0.39 is 0 Å². The molecule has 1 aromatic heterocycles. The van der Waals surface area contributed by atoms with E-state index in [4.69, 9.17) is 17.3 Å². The van der Waals surface area contributed by atoms with E-state index in [1.54, 1.807) is 19.5 Å². The maximum Gasteiger partial charge on any atom is 0.229 e. The average molecular weight is 415 g/mol. The lowest BCUT2D eigenvalue weighted by Gasteiger charge is -2.57. The normalized spacial score (nSPS) is 23.1. The van der Waals surface area contributed by atoms with Crippen molar-refractivity contribution in [1.82, 2.24) is 14.9 Å². The van der Waals surface area contributed by atoms with Crippen LogP contribution in [0.25, 0.3) is 0 Å². The lowest BCUT2D eigenvalue weighted by Crippen LogP contribution is -2.71. The molecule has 1 aliphatic carbocycles. The first-order valence-corrected chi connectivity index (χ1v) is 10.4. The minimum Gasteiger partial charge on any atom is -0.403 e. The van der Waals surface area contributed by atoms with Crippen molar-refractivity contribution in [2.45, 2.75) is 37.6 Å². The highest BCUT2D eigenvalue weighted by Crippen LogP contribution is 2.54. The largest absolute Gasteiger partial charge is 0.403 e. The first kappa shape index (κ1) is 19.9. The fourth-order valence-corrected chi connectivity index (χ4v) is 4.75. The number of allylic oxidation sites excluding steroid dienone is 1. The highest BCUT2D eigenvalue weighted by molar-refractivity contribution is 6.32. The number of likely N-dealkylation sites (tertiary alicyclic amines) is 1. The molecule has 154 valence electrons. The van der Waals surface area contributed by atoms with Crippen LogP contribution in [0.1, 0.15) is 32.1 Å². The van der Waals surface area contributed by atoms with Crippen molar-refractivity contribution in [2.24, 2.45) is 16.1 Å². The Balaban J connectivity index is 1.47. The van der Waals surface area contributed by atoms with Gasteiger partial charge >= 0.3 is 0 Å². The molecule has 1 aromatic rings. The third-order valence-corrected chi connectivity index (χ3v) is 6.83. The molecular formula is C20H27ClN8. The number of nitrogens with two attached hydrogens (primary N) is 1. The van der Waals surface area contributed by atoms with Crippen LogP contribution in [-0.4, -0.2) is 59.8 Å². The molecule has 3 N–H and O–H groups in total. The van der Waals surface area contributed by atoms with Crippen LogP contribution in [0.3, 0.4) is 0 Å². The smallest absolute Gasteiger partial charge is 0.229 e. The molecule has 0 radical (unpaired) electrons. The van der Waals surface area contributed by atoms with Crippen molar-refractivity contribution in [3.05, 3.63) is 23.1 Å². The summed E-state index contributed by atoms with van der Waals surface area (Å²) in [5.41, 5.74) is 6.72. The van der Waals surface area contributed by atoms with E-state index >= 15 is 0 Å². The molecule has 2 aliphatic heterocycles. The Bertz CT molecular complexity index is 854. The van der Waals surface area contributed by atoms with Gasteiger partial charge in [0.1, 0.15) is 5.02 Å². The van der Waals surface area contributed by atoms with Gasteiger partial charge in [-0.15, -0.1) is 0 Å². The fraction of sp³-hybridized carbons (Fsp3) is 0.600. The fourth-order valence-electron chi connectivity index (χ4n) is 4.54. The van der Waals surface area contributed by atoms with Gasteiger partial charge in [-0.25, -0.2) is 4.98 Å². The van der Waals surface area contributed by atoms with Crippen LogP contribution in [0.15, 0.2) is 23.1 Å². The van der Waals surface area contributed by atoms with E-state index in [-0.39, 0.29) is 5.54 Å². The van der Waals surface area contributed by atoms with E-state index in [1.165, 1.54) is 31.9 Å². The molecule has 3 fully saturated rings. The number of nitrogens with zero attached hydrogens (tertiary/aromatic N) is 6. The van der Waals surface area contributed by atoms with E-state index in [0.717, 1.165) is 26.2 Å². The van der Waals surface area contributed by atoms with Crippen molar-refractivity contribution >= 4 is 29.6 Å². The zero-order chi connectivity index (χ0) is 20.5. The van der Waals surface area contributed by atoms with Crippen LogP contribution < -0.4 is 16.0 Å². The molecule has 3 aliphatic rings. The number of piperidine rings is 1. The Morgan fingerprint density at radius 1 is 1.38 bits per heavy atom. The van der Waals surface area contributed by atoms with Gasteiger partial charge in [-0.3, -0.25) is 9.89 Å². The van der Waals surface area contributed by atoms with Gasteiger partial charge in [0.05, 0.1) is 29.9 Å². The molecule has 0 unspecified atom stereocenters. The summed E-state index contributed by atoms with van der Waals surface area (Å²) in [7, 11) is 1.67. The zero-order valence-electron chi connectivity index (χ0n) is 16.7. The summed E-state index contributed by atoms with van der Waals surface area (Å²) >= 11 is 6.40. The van der Waals surface area contributed by atoms with Crippen molar-refractivity contribution in [3.63, 3.8) is 0 Å². The summed E-state index contributed by atoms with van der Waals surface area (Å²) in [5, 5.41) is 13.0. The van der Waals surface area contributed by atoms with Crippen molar-refractivity contribution in [3.8, 4) is 6.07 Å². The Morgan fingerprint density at radius 2 is 2.10 bits per heavy atom. The number of rotatable bonds is 6. The van der Waals surface area contributed by atoms with Gasteiger partial charge in [-0.05, 0) is 44.2 Å². The number of nitriles is 1. The molecule has 29 heavy (non-hydrogen) atoms. The summed E-state index contributed by atoms with van der Waals surface area (Å²) in [6.07, 6.45) is 10.4. The molecular weight excluding hydrogens is 388 g/mol. The molecule has 0 amide bonds. The number of aliphatic imine (C=N–C) groups is 1. The first-order chi connectivity index (χ1) is 14.0. The van der Waals surface area contributed by atoms with E-state index in [1.807, 2.05) is 0 Å². The van der Waals surface area contributed by atoms with Gasteiger partial charge in [0.2, 0.25) is 5.95 Å². The molecule has 8 nitrogen and oxygen atoms in total. The van der Waals surface area contributed by atoms with Crippen LogP contribution >= 0.6 is 11.6 Å². The van der Waals surface area contributed by atoms with Crippen LogP contribution in [-0.2, 0) is 0 Å². The van der Waals surface area contributed by atoms with Crippen molar-refractivity contribution in [1.29, 1.82) is 5.26 Å². The first-order valence-electron chi connectivity index (χ1n) is 10.0. The van der Waals surface area contributed by atoms with E-state index in [0.29, 0.717) is 34.3 Å². The molecule has 1 spiro atoms. The molecule has 3 heterocycles. The second-order valence-electron chi connectivity index (χ2n) is 8.40. The summed E-state index contributed by atoms with van der Waals surface area (Å²) < 4.78 is 0. The summed E-state index contributed by atoms with van der Waals surface area (Å²) in [6, 6.07) is 2.41. The highest BCUT2D eigenvalue weighted by atomic mass is 35.5. The van der Waals surface area contributed by atoms with E-state index in [9.17, 15) is 5.26 Å². The Morgan fingerprint density at radius 3 is 2.69 bits per heavy atom. The molecule has 0 atom stereocenters. The van der Waals surface area contributed by atoms with Crippen molar-refractivity contribution in [2.75, 3.05) is 43.4 Å². The number of halogens is 1. The number of anilines is 2. The number of hydrogen-bond acceptors (Lipinski definition) is 8. The standard InChI is InChI=1S/C20H27ClN8/c1-24-11-15(10-23)26-18-25-12-16(21)17(27-18)28-13-20(14-28,4-7-22)29-8-5-19(2-3-19)6-9-29/h10-12H,2-6,8-9,13-14,23H2,1H3,(H,25,26,27)/b15-10+,24-11?. The van der Waals surface area contributed by atoms with Gasteiger partial charge in [-0.2, -0.15) is 10.2 Å². The summed E-state index contributed by atoms with van der Waals surface area (Å²) in [4.78, 5) is 17.4. The third kappa shape index (κ3) is 3.89. The molecule has 0 bridgehead atoms. The predicted molar refractivity (Wildman–Crippen MR) is 115 cm³/mol. The minimum atomic E-state index is -0.107. The number of hydrogen-bond donors (Lipinski definition) is 2. The summed E-state index contributed by atoms with van der Waals surface area (Å²) in [6.45, 7) is 3.67. The number of aromatic nitrogens is 2. The molecule has 0 aromatic carbocycles. The van der Waals surface area contributed by atoms with Crippen LogP contribution in [0, 0.1) is 16.7 Å².